The molecule has 0 saturated carbocycles. The van der Waals surface area contributed by atoms with Gasteiger partial charge in [-0.3, -0.25) is 0 Å². The van der Waals surface area contributed by atoms with E-state index in [4.69, 9.17) is 10.00 Å². The third-order valence-electron chi connectivity index (χ3n) is 2.16. The highest BCUT2D eigenvalue weighted by Crippen LogP contribution is 2.15. The van der Waals surface area contributed by atoms with Gasteiger partial charge in [-0.1, -0.05) is 0 Å². The Morgan fingerprint density at radius 1 is 1.50 bits per heavy atom. The number of nitrogens with zero attached hydrogens (tertiary/aromatic N) is 1. The minimum atomic E-state index is -0.135. The van der Waals surface area contributed by atoms with Gasteiger partial charge in [-0.15, -0.1) is 11.3 Å². The van der Waals surface area contributed by atoms with Gasteiger partial charge in [-0.2, -0.15) is 5.26 Å². The first kappa shape index (κ1) is 13.2. The van der Waals surface area contributed by atoms with Gasteiger partial charge >= 0.3 is 0 Å². The molecule has 0 aliphatic heterocycles. The third kappa shape index (κ3) is 4.31. The molecule has 1 rings (SSSR count). The molecule has 0 aromatic carbocycles. The van der Waals surface area contributed by atoms with E-state index in [1.165, 1.54) is 16.2 Å². The van der Waals surface area contributed by atoms with Crippen LogP contribution in [0.5, 0.6) is 0 Å². The van der Waals surface area contributed by atoms with Crippen LogP contribution in [0.1, 0.15) is 30.5 Å². The maximum Gasteiger partial charge on any atom is 0.110 e. The number of hydrogen-bond donors (Lipinski definition) is 1. The second-order valence-electron chi connectivity index (χ2n) is 4.17. The summed E-state index contributed by atoms with van der Waals surface area (Å²) in [6, 6.07) is 5.99. The van der Waals surface area contributed by atoms with Crippen molar-refractivity contribution in [2.75, 3.05) is 13.2 Å². The summed E-state index contributed by atoms with van der Waals surface area (Å²) < 4.78 is 5.58. The van der Waals surface area contributed by atoms with Crippen LogP contribution in [0, 0.1) is 11.3 Å². The molecule has 4 heteroatoms. The van der Waals surface area contributed by atoms with Gasteiger partial charge in [0.2, 0.25) is 0 Å². The molecule has 0 aliphatic rings. The lowest BCUT2D eigenvalue weighted by atomic mass is 10.1. The summed E-state index contributed by atoms with van der Waals surface area (Å²) in [7, 11) is 0. The summed E-state index contributed by atoms with van der Waals surface area (Å²) >= 11 is 1.53. The fraction of sp³-hybridized carbons (Fsp3) is 0.583. The second-order valence-corrected chi connectivity index (χ2v) is 5.34. The summed E-state index contributed by atoms with van der Waals surface area (Å²) in [5.74, 6) is 0. The van der Waals surface area contributed by atoms with Gasteiger partial charge in [-0.05, 0) is 32.9 Å². The molecule has 0 amide bonds. The SMILES string of the molecule is CCOC(C)(C)CNCc1ccc(C#N)s1. The Morgan fingerprint density at radius 3 is 2.81 bits per heavy atom. The van der Waals surface area contributed by atoms with E-state index in [9.17, 15) is 0 Å². The molecule has 0 aliphatic carbocycles. The topological polar surface area (TPSA) is 45.0 Å². The molecule has 1 aromatic heterocycles. The maximum atomic E-state index is 8.70. The van der Waals surface area contributed by atoms with Crippen LogP contribution in [0.2, 0.25) is 0 Å². The number of thiophene rings is 1. The van der Waals surface area contributed by atoms with Crippen LogP contribution in [0.25, 0.3) is 0 Å². The van der Waals surface area contributed by atoms with Crippen LogP contribution in [0.4, 0.5) is 0 Å². The summed E-state index contributed by atoms with van der Waals surface area (Å²) in [5.41, 5.74) is -0.135. The lowest BCUT2D eigenvalue weighted by Crippen LogP contribution is -2.37. The predicted molar refractivity (Wildman–Crippen MR) is 66.4 cm³/mol. The van der Waals surface area contributed by atoms with E-state index in [1.54, 1.807) is 0 Å². The Hall–Kier alpha value is -0.890. The molecular formula is C12H18N2OS. The monoisotopic (exact) mass is 238 g/mol. The molecule has 1 aromatic rings. The van der Waals surface area contributed by atoms with Crippen molar-refractivity contribution < 1.29 is 4.74 Å². The molecule has 3 nitrogen and oxygen atoms in total. The highest BCUT2D eigenvalue weighted by molar-refractivity contribution is 7.12. The van der Waals surface area contributed by atoms with Gasteiger partial charge in [0, 0.05) is 24.6 Å². The Morgan fingerprint density at radius 2 is 2.25 bits per heavy atom. The van der Waals surface area contributed by atoms with Gasteiger partial charge in [0.05, 0.1) is 5.60 Å². The zero-order valence-electron chi connectivity index (χ0n) is 10.0. The Balaban J connectivity index is 2.33. The van der Waals surface area contributed by atoms with Crippen molar-refractivity contribution in [3.05, 3.63) is 21.9 Å². The van der Waals surface area contributed by atoms with Crippen LogP contribution in [-0.2, 0) is 11.3 Å². The van der Waals surface area contributed by atoms with Crippen LogP contribution < -0.4 is 5.32 Å². The van der Waals surface area contributed by atoms with E-state index in [2.05, 4.69) is 25.2 Å². The fourth-order valence-corrected chi connectivity index (χ4v) is 2.24. The standard InChI is InChI=1S/C12H18N2OS/c1-4-15-12(2,3)9-14-8-11-6-5-10(7-13)16-11/h5-6,14H,4,8-9H2,1-3H3. The Bertz CT molecular complexity index is 365. The van der Waals surface area contributed by atoms with Gasteiger partial charge in [-0.25, -0.2) is 0 Å². The molecule has 0 saturated heterocycles. The lowest BCUT2D eigenvalue weighted by Gasteiger charge is -2.24. The summed E-state index contributed by atoms with van der Waals surface area (Å²) in [6.45, 7) is 8.47. The minimum Gasteiger partial charge on any atom is -0.375 e. The number of nitrogens with one attached hydrogen (secondary N) is 1. The van der Waals surface area contributed by atoms with Crippen LogP contribution in [0.3, 0.4) is 0 Å². The molecular weight excluding hydrogens is 220 g/mol. The number of rotatable bonds is 6. The molecule has 88 valence electrons. The average Bonchev–Trinajstić information content (AvgIpc) is 2.65. The number of hydrogen-bond acceptors (Lipinski definition) is 4. The molecule has 0 atom stereocenters. The minimum absolute atomic E-state index is 0.135. The van der Waals surface area contributed by atoms with Gasteiger partial charge in [0.25, 0.3) is 0 Å². The Labute approximate surface area is 101 Å². The predicted octanol–water partition coefficient (Wildman–Crippen LogP) is 2.52. The van der Waals surface area contributed by atoms with Crippen molar-refractivity contribution in [2.45, 2.75) is 32.9 Å². The van der Waals surface area contributed by atoms with Crippen molar-refractivity contribution in [1.82, 2.24) is 5.32 Å². The highest BCUT2D eigenvalue weighted by Gasteiger charge is 2.16. The van der Waals surface area contributed by atoms with Crippen molar-refractivity contribution in [2.24, 2.45) is 0 Å². The van der Waals surface area contributed by atoms with Crippen LogP contribution in [-0.4, -0.2) is 18.8 Å². The Kier molecular flexibility index (Phi) is 4.94. The first-order valence-electron chi connectivity index (χ1n) is 5.41. The van der Waals surface area contributed by atoms with Crippen molar-refractivity contribution in [3.8, 4) is 6.07 Å². The van der Waals surface area contributed by atoms with Gasteiger partial charge in [0.1, 0.15) is 10.9 Å². The second kappa shape index (κ2) is 6.00. The van der Waals surface area contributed by atoms with E-state index in [-0.39, 0.29) is 5.60 Å². The smallest absolute Gasteiger partial charge is 0.110 e. The first-order valence-corrected chi connectivity index (χ1v) is 6.22. The summed E-state index contributed by atoms with van der Waals surface area (Å²) in [5, 5.41) is 12.0. The maximum absolute atomic E-state index is 8.70. The first-order chi connectivity index (χ1) is 7.57. The largest absolute Gasteiger partial charge is 0.375 e. The van der Waals surface area contributed by atoms with Crippen LogP contribution >= 0.6 is 11.3 Å². The van der Waals surface area contributed by atoms with Crippen molar-refractivity contribution in [3.63, 3.8) is 0 Å². The molecule has 0 bridgehead atoms. The van der Waals surface area contributed by atoms with Crippen molar-refractivity contribution in [1.29, 1.82) is 5.26 Å². The van der Waals surface area contributed by atoms with Crippen molar-refractivity contribution >= 4 is 11.3 Å². The zero-order chi connectivity index (χ0) is 12.0. The molecule has 1 heterocycles. The van der Waals surface area contributed by atoms with E-state index < -0.39 is 0 Å². The number of nitriles is 1. The molecule has 1 N–H and O–H groups in total. The molecule has 0 unspecified atom stereocenters. The van der Waals surface area contributed by atoms with Crippen LogP contribution in [0.15, 0.2) is 12.1 Å². The zero-order valence-corrected chi connectivity index (χ0v) is 10.9. The van der Waals surface area contributed by atoms with E-state index >= 15 is 0 Å². The molecule has 0 radical (unpaired) electrons. The normalized spacial score (nSPS) is 11.4. The summed E-state index contributed by atoms with van der Waals surface area (Å²) in [4.78, 5) is 1.95. The molecule has 0 fully saturated rings. The third-order valence-corrected chi connectivity index (χ3v) is 3.15. The fourth-order valence-electron chi connectivity index (χ4n) is 1.46. The van der Waals surface area contributed by atoms with E-state index in [0.29, 0.717) is 0 Å². The summed E-state index contributed by atoms with van der Waals surface area (Å²) in [6.07, 6.45) is 0. The van der Waals surface area contributed by atoms with Gasteiger partial charge in [0.15, 0.2) is 0 Å². The lowest BCUT2D eigenvalue weighted by molar-refractivity contribution is -0.00893. The van der Waals surface area contributed by atoms with E-state index in [1.807, 2.05) is 19.1 Å². The number of ether oxygens (including phenoxy) is 1. The quantitative estimate of drug-likeness (QED) is 0.828. The van der Waals surface area contributed by atoms with Gasteiger partial charge < -0.3 is 10.1 Å². The average molecular weight is 238 g/mol. The highest BCUT2D eigenvalue weighted by atomic mass is 32.1. The molecule has 16 heavy (non-hydrogen) atoms. The molecule has 0 spiro atoms. The van der Waals surface area contributed by atoms with E-state index in [0.717, 1.165) is 24.6 Å².